The van der Waals surface area contributed by atoms with Crippen LogP contribution in [0.2, 0.25) is 0 Å². The molecule has 1 aromatic carbocycles. The van der Waals surface area contributed by atoms with Crippen molar-refractivity contribution in [2.24, 2.45) is 5.73 Å². The summed E-state index contributed by atoms with van der Waals surface area (Å²) < 4.78 is 25.3. The lowest BCUT2D eigenvalue weighted by Gasteiger charge is -2.12. The largest absolute Gasteiger partial charge is 0.384 e. The van der Waals surface area contributed by atoms with Crippen LogP contribution in [0.5, 0.6) is 0 Å². The molecule has 16 heavy (non-hydrogen) atoms. The van der Waals surface area contributed by atoms with Gasteiger partial charge in [0.25, 0.3) is 0 Å². The third kappa shape index (κ3) is 2.73. The fraction of sp³-hybridized carbons (Fsp3) is 0.300. The number of nitrogens with two attached hydrogens (primary N) is 1. The average Bonchev–Trinajstić information content (AvgIpc) is 2.16. The first kappa shape index (κ1) is 12.5. The fourth-order valence-electron chi connectivity index (χ4n) is 1.35. The Morgan fingerprint density at radius 3 is 2.62 bits per heavy atom. The van der Waals surface area contributed by atoms with Gasteiger partial charge in [-0.15, -0.1) is 0 Å². The van der Waals surface area contributed by atoms with Crippen molar-refractivity contribution in [3.63, 3.8) is 0 Å². The van der Waals surface area contributed by atoms with Gasteiger partial charge in [0.05, 0.1) is 11.4 Å². The fourth-order valence-corrected chi connectivity index (χ4v) is 2.00. The van der Waals surface area contributed by atoms with Gasteiger partial charge in [-0.25, -0.2) is 8.42 Å². The van der Waals surface area contributed by atoms with Gasteiger partial charge in [-0.3, -0.25) is 10.1 Å². The molecule has 1 aromatic rings. The predicted molar refractivity (Wildman–Crippen MR) is 65.3 cm³/mol. The molecule has 0 aliphatic carbocycles. The zero-order chi connectivity index (χ0) is 12.3. The Labute approximate surface area is 95.2 Å². The molecule has 0 saturated carbocycles. The van der Waals surface area contributed by atoms with Crippen molar-refractivity contribution in [3.05, 3.63) is 29.3 Å². The molecule has 0 heterocycles. The molecule has 0 aliphatic heterocycles. The molecule has 88 valence electrons. The van der Waals surface area contributed by atoms with Gasteiger partial charge in [0.1, 0.15) is 5.84 Å². The van der Waals surface area contributed by atoms with Gasteiger partial charge in [-0.2, -0.15) is 0 Å². The minimum atomic E-state index is -3.35. The lowest BCUT2D eigenvalue weighted by atomic mass is 10.1. The van der Waals surface area contributed by atoms with E-state index in [-0.39, 0.29) is 11.6 Å². The quantitative estimate of drug-likeness (QED) is 0.543. The van der Waals surface area contributed by atoms with E-state index in [1.807, 2.05) is 0 Å². The highest BCUT2D eigenvalue weighted by Crippen LogP contribution is 2.20. The van der Waals surface area contributed by atoms with Crippen molar-refractivity contribution in [3.8, 4) is 0 Å². The molecule has 0 bridgehead atoms. The van der Waals surface area contributed by atoms with E-state index in [9.17, 15) is 8.42 Å². The maximum atomic E-state index is 11.4. The maximum absolute atomic E-state index is 11.4. The summed E-state index contributed by atoms with van der Waals surface area (Å²) in [5.74, 6) is -0.162. The second-order valence-corrected chi connectivity index (χ2v) is 5.43. The highest BCUT2D eigenvalue weighted by Gasteiger charge is 2.13. The van der Waals surface area contributed by atoms with Crippen LogP contribution in [0.15, 0.2) is 18.2 Å². The van der Waals surface area contributed by atoms with E-state index in [2.05, 4.69) is 4.72 Å². The summed E-state index contributed by atoms with van der Waals surface area (Å²) in [6, 6.07) is 5.09. The lowest BCUT2D eigenvalue weighted by Crippen LogP contribution is -2.20. The lowest BCUT2D eigenvalue weighted by molar-refractivity contribution is 0.602. The Balaban J connectivity index is 3.25. The van der Waals surface area contributed by atoms with Crippen LogP contribution in [0.4, 0.5) is 5.69 Å². The molecular formula is C10H15N3O2S. The number of sulfonamides is 1. The molecule has 0 atom stereocenters. The van der Waals surface area contributed by atoms with Crippen molar-refractivity contribution < 1.29 is 8.42 Å². The van der Waals surface area contributed by atoms with Gasteiger partial charge in [0, 0.05) is 5.56 Å². The van der Waals surface area contributed by atoms with E-state index in [4.69, 9.17) is 11.1 Å². The van der Waals surface area contributed by atoms with Crippen molar-refractivity contribution in [1.29, 1.82) is 5.41 Å². The first-order chi connectivity index (χ1) is 7.37. The molecule has 0 saturated heterocycles. The average molecular weight is 241 g/mol. The van der Waals surface area contributed by atoms with Crippen LogP contribution in [-0.2, 0) is 10.0 Å². The Hall–Kier alpha value is -1.56. The zero-order valence-electron chi connectivity index (χ0n) is 9.24. The first-order valence-corrected chi connectivity index (χ1v) is 6.47. The van der Waals surface area contributed by atoms with E-state index < -0.39 is 10.0 Å². The van der Waals surface area contributed by atoms with Gasteiger partial charge in [0.2, 0.25) is 10.0 Å². The summed E-state index contributed by atoms with van der Waals surface area (Å²) in [6.07, 6.45) is 0. The smallest absolute Gasteiger partial charge is 0.232 e. The summed E-state index contributed by atoms with van der Waals surface area (Å²) in [5, 5.41) is 7.42. The minimum Gasteiger partial charge on any atom is -0.384 e. The van der Waals surface area contributed by atoms with Crippen molar-refractivity contribution in [2.75, 3.05) is 10.5 Å². The molecule has 5 nitrogen and oxygen atoms in total. The Morgan fingerprint density at radius 2 is 2.12 bits per heavy atom. The molecule has 1 rings (SSSR count). The van der Waals surface area contributed by atoms with Crippen LogP contribution in [0.3, 0.4) is 0 Å². The maximum Gasteiger partial charge on any atom is 0.232 e. The topological polar surface area (TPSA) is 96.0 Å². The second kappa shape index (κ2) is 4.52. The number of aryl methyl sites for hydroxylation is 1. The van der Waals surface area contributed by atoms with Crippen LogP contribution in [0.25, 0.3) is 0 Å². The van der Waals surface area contributed by atoms with E-state index in [1.165, 1.54) is 0 Å². The van der Waals surface area contributed by atoms with E-state index >= 15 is 0 Å². The number of benzene rings is 1. The molecule has 0 unspecified atom stereocenters. The molecule has 0 aliphatic rings. The molecule has 0 fully saturated rings. The Kier molecular flexibility index (Phi) is 3.54. The summed E-state index contributed by atoms with van der Waals surface area (Å²) in [6.45, 7) is 3.33. The van der Waals surface area contributed by atoms with Crippen molar-refractivity contribution >= 4 is 21.5 Å². The summed E-state index contributed by atoms with van der Waals surface area (Å²) in [4.78, 5) is 0. The van der Waals surface area contributed by atoms with Crippen LogP contribution in [-0.4, -0.2) is 20.0 Å². The third-order valence-electron chi connectivity index (χ3n) is 2.19. The van der Waals surface area contributed by atoms with E-state index in [0.29, 0.717) is 11.3 Å². The number of hydrogen-bond acceptors (Lipinski definition) is 3. The third-order valence-corrected chi connectivity index (χ3v) is 3.48. The first-order valence-electron chi connectivity index (χ1n) is 4.82. The number of amidine groups is 1. The van der Waals surface area contributed by atoms with Crippen LogP contribution >= 0.6 is 0 Å². The molecule has 0 radical (unpaired) electrons. The Morgan fingerprint density at radius 1 is 1.50 bits per heavy atom. The van der Waals surface area contributed by atoms with Crippen molar-refractivity contribution in [2.45, 2.75) is 13.8 Å². The van der Waals surface area contributed by atoms with Gasteiger partial charge in [0.15, 0.2) is 0 Å². The summed E-state index contributed by atoms with van der Waals surface area (Å²) in [5.41, 5.74) is 6.98. The molecular weight excluding hydrogens is 226 g/mol. The number of hydrogen-bond donors (Lipinski definition) is 3. The number of anilines is 1. The van der Waals surface area contributed by atoms with Gasteiger partial charge in [-0.05, 0) is 25.5 Å². The Bertz CT molecular complexity index is 509. The van der Waals surface area contributed by atoms with Gasteiger partial charge in [-0.1, -0.05) is 12.1 Å². The highest BCUT2D eigenvalue weighted by molar-refractivity contribution is 7.92. The molecule has 0 spiro atoms. The normalized spacial score (nSPS) is 11.1. The SMILES string of the molecule is CCS(=O)(=O)Nc1cccc(C)c1C(=N)N. The zero-order valence-corrected chi connectivity index (χ0v) is 10.1. The van der Waals surface area contributed by atoms with Crippen LogP contribution < -0.4 is 10.5 Å². The van der Waals surface area contributed by atoms with Crippen LogP contribution in [0.1, 0.15) is 18.1 Å². The number of nitrogen functional groups attached to an aromatic ring is 1. The van der Waals surface area contributed by atoms with Gasteiger partial charge >= 0.3 is 0 Å². The number of rotatable bonds is 4. The molecule has 0 amide bonds. The monoisotopic (exact) mass is 241 g/mol. The van der Waals surface area contributed by atoms with Crippen LogP contribution in [0, 0.1) is 12.3 Å². The standard InChI is InChI=1S/C10H15N3O2S/c1-3-16(14,15)13-8-6-4-5-7(2)9(8)10(11)12/h4-6,13H,3H2,1-2H3,(H3,11,12). The molecule has 6 heteroatoms. The summed E-state index contributed by atoms with van der Waals surface area (Å²) >= 11 is 0. The molecule has 4 N–H and O–H groups in total. The van der Waals surface area contributed by atoms with E-state index in [0.717, 1.165) is 5.56 Å². The van der Waals surface area contributed by atoms with E-state index in [1.54, 1.807) is 32.0 Å². The molecule has 0 aromatic heterocycles. The van der Waals surface area contributed by atoms with Gasteiger partial charge < -0.3 is 5.73 Å². The predicted octanol–water partition coefficient (Wildman–Crippen LogP) is 1.04. The number of nitrogens with one attached hydrogen (secondary N) is 2. The second-order valence-electron chi connectivity index (χ2n) is 3.42. The minimum absolute atomic E-state index is 0.0156. The highest BCUT2D eigenvalue weighted by atomic mass is 32.2. The summed E-state index contributed by atoms with van der Waals surface area (Å²) in [7, 11) is -3.35. The van der Waals surface area contributed by atoms with Crippen molar-refractivity contribution in [1.82, 2.24) is 0 Å².